The number of nitrogens with one attached hydrogen (secondary N) is 1. The third kappa shape index (κ3) is 1.95. The van der Waals surface area contributed by atoms with Gasteiger partial charge in [0.15, 0.2) is 0 Å². The summed E-state index contributed by atoms with van der Waals surface area (Å²) in [5.74, 6) is -0.400. The Morgan fingerprint density at radius 3 is 2.82 bits per heavy atom. The maximum Gasteiger partial charge on any atom is 0.418 e. The van der Waals surface area contributed by atoms with Crippen LogP contribution in [0.4, 0.5) is 16.2 Å². The first-order valence-electron chi connectivity index (χ1n) is 5.10. The first-order valence-corrected chi connectivity index (χ1v) is 5.98. The van der Waals surface area contributed by atoms with E-state index in [0.29, 0.717) is 5.69 Å². The fourth-order valence-electron chi connectivity index (χ4n) is 1.69. The first-order chi connectivity index (χ1) is 8.04. The second-order valence-electron chi connectivity index (χ2n) is 3.65. The van der Waals surface area contributed by atoms with Gasteiger partial charge in [-0.05, 0) is 25.1 Å². The molecule has 0 saturated heterocycles. The highest BCUT2D eigenvalue weighted by Crippen LogP contribution is 2.40. The zero-order valence-electron chi connectivity index (χ0n) is 9.43. The number of carbonyl (C=O) groups excluding carboxylic acids is 1. The van der Waals surface area contributed by atoms with Gasteiger partial charge in [-0.1, -0.05) is 0 Å². The van der Waals surface area contributed by atoms with E-state index in [1.807, 2.05) is 12.1 Å². The lowest BCUT2D eigenvalue weighted by Gasteiger charge is -2.28. The van der Waals surface area contributed by atoms with Crippen LogP contribution in [0.25, 0.3) is 0 Å². The number of hydrogen-bond donors (Lipinski definition) is 2. The summed E-state index contributed by atoms with van der Waals surface area (Å²) in [6.07, 6.45) is -1.24. The topological polar surface area (TPSA) is 69.6 Å². The lowest BCUT2D eigenvalue weighted by molar-refractivity contribution is -0.117. The smallest absolute Gasteiger partial charge is 0.418 e. The molecule has 0 aliphatic carbocycles. The maximum atomic E-state index is 11.8. The van der Waals surface area contributed by atoms with Crippen molar-refractivity contribution in [2.75, 3.05) is 17.3 Å². The van der Waals surface area contributed by atoms with Gasteiger partial charge < -0.3 is 10.4 Å². The van der Waals surface area contributed by atoms with Gasteiger partial charge >= 0.3 is 6.09 Å². The van der Waals surface area contributed by atoms with Gasteiger partial charge in [-0.3, -0.25) is 4.79 Å². The lowest BCUT2D eigenvalue weighted by Crippen LogP contribution is -2.43. The van der Waals surface area contributed by atoms with Gasteiger partial charge in [0.05, 0.1) is 10.9 Å². The van der Waals surface area contributed by atoms with E-state index in [9.17, 15) is 9.59 Å². The van der Waals surface area contributed by atoms with Crippen LogP contribution >= 0.6 is 11.8 Å². The highest BCUT2D eigenvalue weighted by Gasteiger charge is 2.34. The fraction of sp³-hybridized carbons (Fsp3) is 0.273. The van der Waals surface area contributed by atoms with Gasteiger partial charge in [0.2, 0.25) is 5.91 Å². The Morgan fingerprint density at radius 2 is 2.24 bits per heavy atom. The molecule has 1 aliphatic rings. The van der Waals surface area contributed by atoms with Crippen LogP contribution in [-0.2, 0) is 4.79 Å². The molecule has 0 spiro atoms. The summed E-state index contributed by atoms with van der Waals surface area (Å²) in [7, 11) is 1.74. The molecule has 1 aromatic carbocycles. The van der Waals surface area contributed by atoms with Crippen molar-refractivity contribution in [1.29, 1.82) is 0 Å². The summed E-state index contributed by atoms with van der Waals surface area (Å²) in [5, 5.41) is 11.7. The monoisotopic (exact) mass is 252 g/mol. The summed E-state index contributed by atoms with van der Waals surface area (Å²) in [5.41, 5.74) is 1.20. The van der Waals surface area contributed by atoms with Crippen molar-refractivity contribution in [3.63, 3.8) is 0 Å². The van der Waals surface area contributed by atoms with E-state index >= 15 is 0 Å². The van der Waals surface area contributed by atoms with Crippen molar-refractivity contribution in [2.45, 2.75) is 17.1 Å². The zero-order valence-corrected chi connectivity index (χ0v) is 10.2. The Morgan fingerprint density at radius 1 is 1.53 bits per heavy atom. The number of imide groups is 1. The molecular formula is C11H12N2O3S. The summed E-state index contributed by atoms with van der Waals surface area (Å²) >= 11 is 1.38. The first kappa shape index (κ1) is 11.8. The number of carboxylic acid groups (broad SMARTS) is 1. The van der Waals surface area contributed by atoms with Gasteiger partial charge in [-0.25, -0.2) is 9.69 Å². The van der Waals surface area contributed by atoms with Crippen LogP contribution in [0, 0.1) is 0 Å². The van der Waals surface area contributed by atoms with Crippen molar-refractivity contribution in [3.05, 3.63) is 18.2 Å². The molecule has 1 atom stereocenters. The van der Waals surface area contributed by atoms with Crippen LogP contribution in [0.1, 0.15) is 6.92 Å². The lowest BCUT2D eigenvalue weighted by atomic mass is 10.2. The Labute approximate surface area is 103 Å². The molecule has 0 aromatic heterocycles. The molecule has 0 bridgehead atoms. The molecule has 2 rings (SSSR count). The zero-order chi connectivity index (χ0) is 12.6. The molecule has 2 amide bonds. The molecule has 1 heterocycles. The van der Waals surface area contributed by atoms with E-state index in [-0.39, 0.29) is 5.25 Å². The number of nitrogens with zero attached hydrogens (tertiary/aromatic N) is 1. The van der Waals surface area contributed by atoms with E-state index in [0.717, 1.165) is 15.5 Å². The molecule has 1 aliphatic heterocycles. The van der Waals surface area contributed by atoms with Gasteiger partial charge in [0, 0.05) is 17.6 Å². The van der Waals surface area contributed by atoms with Crippen molar-refractivity contribution in [3.8, 4) is 0 Å². The normalized spacial score (nSPS) is 18.8. The predicted octanol–water partition coefficient (Wildman–Crippen LogP) is 2.23. The van der Waals surface area contributed by atoms with Gasteiger partial charge in [-0.15, -0.1) is 11.8 Å². The van der Waals surface area contributed by atoms with E-state index in [4.69, 9.17) is 5.11 Å². The molecule has 0 saturated carbocycles. The molecule has 1 aromatic rings. The van der Waals surface area contributed by atoms with E-state index in [2.05, 4.69) is 5.32 Å². The average Bonchev–Trinajstić information content (AvgIpc) is 2.29. The number of fused-ring (bicyclic) bond motifs is 1. The minimum Gasteiger partial charge on any atom is -0.464 e. The summed E-state index contributed by atoms with van der Waals surface area (Å²) in [4.78, 5) is 24.6. The Kier molecular flexibility index (Phi) is 2.97. The quantitative estimate of drug-likeness (QED) is 0.802. The Bertz CT molecular complexity index is 490. The average molecular weight is 252 g/mol. The maximum absolute atomic E-state index is 11.8. The number of amides is 2. The SMILES string of the molecule is CNc1ccc2c(c1)N(C(=O)O)C(=O)C(C)S2. The number of hydrogen-bond acceptors (Lipinski definition) is 4. The molecule has 90 valence electrons. The van der Waals surface area contributed by atoms with Crippen molar-refractivity contribution >= 4 is 35.1 Å². The second kappa shape index (κ2) is 4.29. The van der Waals surface area contributed by atoms with Crippen molar-refractivity contribution in [1.82, 2.24) is 0 Å². The minimum atomic E-state index is -1.24. The molecular weight excluding hydrogens is 240 g/mol. The highest BCUT2D eigenvalue weighted by molar-refractivity contribution is 8.01. The van der Waals surface area contributed by atoms with Gasteiger partial charge in [0.25, 0.3) is 0 Å². The molecule has 2 N–H and O–H groups in total. The number of carbonyl (C=O) groups is 2. The van der Waals surface area contributed by atoms with Crippen LogP contribution in [0.5, 0.6) is 0 Å². The van der Waals surface area contributed by atoms with Gasteiger partial charge in [-0.2, -0.15) is 0 Å². The summed E-state index contributed by atoms with van der Waals surface area (Å²) in [6, 6.07) is 5.35. The fourth-order valence-corrected chi connectivity index (χ4v) is 2.69. The van der Waals surface area contributed by atoms with Crippen LogP contribution < -0.4 is 10.2 Å². The van der Waals surface area contributed by atoms with Crippen LogP contribution in [-0.4, -0.2) is 29.4 Å². The van der Waals surface area contributed by atoms with Crippen LogP contribution in [0.3, 0.4) is 0 Å². The van der Waals surface area contributed by atoms with Crippen LogP contribution in [0.15, 0.2) is 23.1 Å². The van der Waals surface area contributed by atoms with E-state index in [1.54, 1.807) is 20.0 Å². The third-order valence-electron chi connectivity index (χ3n) is 2.55. The summed E-state index contributed by atoms with van der Waals surface area (Å²) < 4.78 is 0. The van der Waals surface area contributed by atoms with Crippen molar-refractivity contribution in [2.24, 2.45) is 0 Å². The molecule has 6 heteroatoms. The van der Waals surface area contributed by atoms with E-state index in [1.165, 1.54) is 11.8 Å². The Balaban J connectivity index is 2.55. The van der Waals surface area contributed by atoms with Gasteiger partial charge in [0.1, 0.15) is 0 Å². The number of rotatable bonds is 1. The van der Waals surface area contributed by atoms with Crippen LogP contribution in [0.2, 0.25) is 0 Å². The predicted molar refractivity (Wildman–Crippen MR) is 66.8 cm³/mol. The molecule has 17 heavy (non-hydrogen) atoms. The number of thioether (sulfide) groups is 1. The molecule has 5 nitrogen and oxygen atoms in total. The highest BCUT2D eigenvalue weighted by atomic mass is 32.2. The third-order valence-corrected chi connectivity index (χ3v) is 3.71. The number of benzene rings is 1. The number of anilines is 2. The molecule has 0 fully saturated rings. The molecule has 0 radical (unpaired) electrons. The van der Waals surface area contributed by atoms with Crippen molar-refractivity contribution < 1.29 is 14.7 Å². The standard InChI is InChI=1S/C11H12N2O3S/c1-6-10(14)13(11(15)16)8-5-7(12-2)3-4-9(8)17-6/h3-6,12H,1-2H3,(H,15,16). The molecule has 1 unspecified atom stereocenters. The Hall–Kier alpha value is -1.69. The second-order valence-corrected chi connectivity index (χ2v) is 5.03. The van der Waals surface area contributed by atoms with E-state index < -0.39 is 12.0 Å². The summed E-state index contributed by atoms with van der Waals surface area (Å²) in [6.45, 7) is 1.71. The largest absolute Gasteiger partial charge is 0.464 e. The minimum absolute atomic E-state index is 0.376.